The standard InChI is InChI=1S/C24H18N4O2/c1-28-21-12-5-3-10-19(21)23(27-28)26-24(29)16-7-6-8-17(15-16)30-22-13-14-25-20-11-4-2-9-18(20)22/h2-15H,1H3,(H,26,27,29). The van der Waals surface area contributed by atoms with Crippen LogP contribution in [0.25, 0.3) is 21.8 Å². The molecule has 2 aromatic heterocycles. The van der Waals surface area contributed by atoms with Gasteiger partial charge in [0.05, 0.1) is 11.0 Å². The number of aromatic nitrogens is 3. The number of anilines is 1. The number of amides is 1. The lowest BCUT2D eigenvalue weighted by molar-refractivity contribution is 0.102. The van der Waals surface area contributed by atoms with Gasteiger partial charge in [0.2, 0.25) is 0 Å². The zero-order valence-electron chi connectivity index (χ0n) is 16.2. The number of carbonyl (C=O) groups is 1. The van der Waals surface area contributed by atoms with E-state index < -0.39 is 0 Å². The summed E-state index contributed by atoms with van der Waals surface area (Å²) in [6.07, 6.45) is 1.71. The van der Waals surface area contributed by atoms with Crippen LogP contribution in [0.15, 0.2) is 85.1 Å². The van der Waals surface area contributed by atoms with Crippen molar-refractivity contribution in [3.05, 3.63) is 90.6 Å². The Labute approximate surface area is 172 Å². The van der Waals surface area contributed by atoms with E-state index in [0.717, 1.165) is 21.8 Å². The molecule has 146 valence electrons. The van der Waals surface area contributed by atoms with Crippen molar-refractivity contribution >= 4 is 33.5 Å². The van der Waals surface area contributed by atoms with Crippen LogP contribution in [0.3, 0.4) is 0 Å². The molecular formula is C24H18N4O2. The van der Waals surface area contributed by atoms with E-state index in [2.05, 4.69) is 15.4 Å². The van der Waals surface area contributed by atoms with E-state index in [1.807, 2.05) is 67.7 Å². The van der Waals surface area contributed by atoms with Crippen molar-refractivity contribution in [2.24, 2.45) is 7.05 Å². The Bertz CT molecular complexity index is 1390. The summed E-state index contributed by atoms with van der Waals surface area (Å²) in [5.41, 5.74) is 2.29. The average molecular weight is 394 g/mol. The van der Waals surface area contributed by atoms with Gasteiger partial charge < -0.3 is 10.1 Å². The minimum atomic E-state index is -0.246. The number of hydrogen-bond donors (Lipinski definition) is 1. The quantitative estimate of drug-likeness (QED) is 0.457. The molecule has 0 atom stereocenters. The second kappa shape index (κ2) is 7.33. The topological polar surface area (TPSA) is 69.0 Å². The fourth-order valence-corrected chi connectivity index (χ4v) is 3.47. The lowest BCUT2D eigenvalue weighted by Crippen LogP contribution is -2.12. The average Bonchev–Trinajstić information content (AvgIpc) is 3.10. The molecule has 0 unspecified atom stereocenters. The van der Waals surface area contributed by atoms with Crippen molar-refractivity contribution in [2.45, 2.75) is 0 Å². The third kappa shape index (κ3) is 3.24. The molecule has 0 aliphatic rings. The third-order valence-electron chi connectivity index (χ3n) is 4.92. The summed E-state index contributed by atoms with van der Waals surface area (Å²) in [6.45, 7) is 0. The molecular weight excluding hydrogens is 376 g/mol. The Balaban J connectivity index is 1.42. The van der Waals surface area contributed by atoms with Crippen molar-refractivity contribution in [3.63, 3.8) is 0 Å². The van der Waals surface area contributed by atoms with Gasteiger partial charge in [0.1, 0.15) is 11.5 Å². The molecule has 1 amide bonds. The number of rotatable bonds is 4. The molecule has 0 spiro atoms. The van der Waals surface area contributed by atoms with Gasteiger partial charge in [0, 0.05) is 29.6 Å². The molecule has 6 heteroatoms. The van der Waals surface area contributed by atoms with Crippen LogP contribution in [0, 0.1) is 0 Å². The SMILES string of the molecule is Cn1nc(NC(=O)c2cccc(Oc3ccnc4ccccc34)c2)c2ccccc21. The Morgan fingerprint density at radius 1 is 0.933 bits per heavy atom. The van der Waals surface area contributed by atoms with Crippen molar-refractivity contribution in [3.8, 4) is 11.5 Å². The Morgan fingerprint density at radius 3 is 2.63 bits per heavy atom. The molecule has 0 bridgehead atoms. The third-order valence-corrected chi connectivity index (χ3v) is 4.92. The Morgan fingerprint density at radius 2 is 1.73 bits per heavy atom. The molecule has 3 aromatic carbocycles. The number of benzene rings is 3. The molecule has 0 aliphatic heterocycles. The number of hydrogen-bond acceptors (Lipinski definition) is 4. The summed E-state index contributed by atoms with van der Waals surface area (Å²) in [7, 11) is 1.85. The molecule has 2 heterocycles. The first kappa shape index (κ1) is 17.9. The first-order chi connectivity index (χ1) is 14.7. The monoisotopic (exact) mass is 394 g/mol. The number of fused-ring (bicyclic) bond motifs is 2. The Kier molecular flexibility index (Phi) is 4.37. The molecule has 0 aliphatic carbocycles. The molecule has 0 saturated carbocycles. The first-order valence-corrected chi connectivity index (χ1v) is 9.54. The maximum absolute atomic E-state index is 12.9. The summed E-state index contributed by atoms with van der Waals surface area (Å²) in [5, 5.41) is 9.14. The lowest BCUT2D eigenvalue weighted by Gasteiger charge is -2.10. The molecule has 30 heavy (non-hydrogen) atoms. The van der Waals surface area contributed by atoms with Crippen molar-refractivity contribution in [2.75, 3.05) is 5.32 Å². The van der Waals surface area contributed by atoms with Crippen LogP contribution in [0.1, 0.15) is 10.4 Å². The minimum Gasteiger partial charge on any atom is -0.457 e. The molecule has 0 fully saturated rings. The number of para-hydroxylation sites is 2. The van der Waals surface area contributed by atoms with Crippen molar-refractivity contribution in [1.29, 1.82) is 0 Å². The van der Waals surface area contributed by atoms with Crippen molar-refractivity contribution in [1.82, 2.24) is 14.8 Å². The second-order valence-corrected chi connectivity index (χ2v) is 6.90. The van der Waals surface area contributed by atoms with E-state index in [1.165, 1.54) is 0 Å². The summed E-state index contributed by atoms with van der Waals surface area (Å²) in [6, 6.07) is 24.4. The first-order valence-electron chi connectivity index (χ1n) is 9.54. The number of nitrogens with zero attached hydrogens (tertiary/aromatic N) is 3. The van der Waals surface area contributed by atoms with Gasteiger partial charge >= 0.3 is 0 Å². The summed E-state index contributed by atoms with van der Waals surface area (Å²) in [4.78, 5) is 17.2. The minimum absolute atomic E-state index is 0.246. The second-order valence-electron chi connectivity index (χ2n) is 6.90. The number of ether oxygens (including phenoxy) is 1. The largest absolute Gasteiger partial charge is 0.457 e. The molecule has 0 saturated heterocycles. The van der Waals surface area contributed by atoms with Gasteiger partial charge in [-0.3, -0.25) is 14.5 Å². The molecule has 5 aromatic rings. The van der Waals surface area contributed by atoms with Gasteiger partial charge in [-0.05, 0) is 48.5 Å². The number of aryl methyl sites for hydroxylation is 1. The number of nitrogens with one attached hydrogen (secondary N) is 1. The van der Waals surface area contributed by atoms with E-state index in [4.69, 9.17) is 4.74 Å². The van der Waals surface area contributed by atoms with E-state index >= 15 is 0 Å². The number of pyridine rings is 1. The molecule has 0 radical (unpaired) electrons. The Hall–Kier alpha value is -4.19. The predicted octanol–water partition coefficient (Wildman–Crippen LogP) is 5.17. The fourth-order valence-electron chi connectivity index (χ4n) is 3.47. The van der Waals surface area contributed by atoms with Gasteiger partial charge in [-0.15, -0.1) is 0 Å². The highest BCUT2D eigenvalue weighted by Gasteiger charge is 2.13. The summed E-state index contributed by atoms with van der Waals surface area (Å²) in [5.74, 6) is 1.55. The zero-order valence-corrected chi connectivity index (χ0v) is 16.2. The van der Waals surface area contributed by atoms with Crippen molar-refractivity contribution < 1.29 is 9.53 Å². The highest BCUT2D eigenvalue weighted by Crippen LogP contribution is 2.29. The van der Waals surface area contributed by atoms with Gasteiger partial charge in [-0.1, -0.05) is 30.3 Å². The van der Waals surface area contributed by atoms with Gasteiger partial charge in [0.15, 0.2) is 5.82 Å². The maximum Gasteiger partial charge on any atom is 0.257 e. The van der Waals surface area contributed by atoms with E-state index in [1.54, 1.807) is 29.1 Å². The van der Waals surface area contributed by atoms with Crippen LogP contribution >= 0.6 is 0 Å². The van der Waals surface area contributed by atoms with E-state index in [-0.39, 0.29) is 5.91 Å². The van der Waals surface area contributed by atoms with Crippen LogP contribution in [-0.4, -0.2) is 20.7 Å². The molecule has 6 nitrogen and oxygen atoms in total. The lowest BCUT2D eigenvalue weighted by atomic mass is 10.2. The van der Waals surface area contributed by atoms with E-state index in [9.17, 15) is 4.79 Å². The van der Waals surface area contributed by atoms with Crippen LogP contribution in [0.2, 0.25) is 0 Å². The number of carbonyl (C=O) groups excluding carboxylic acids is 1. The predicted molar refractivity (Wildman–Crippen MR) is 117 cm³/mol. The summed E-state index contributed by atoms with van der Waals surface area (Å²) >= 11 is 0. The summed E-state index contributed by atoms with van der Waals surface area (Å²) < 4.78 is 7.82. The van der Waals surface area contributed by atoms with E-state index in [0.29, 0.717) is 22.9 Å². The van der Waals surface area contributed by atoms with Crippen LogP contribution in [0.4, 0.5) is 5.82 Å². The molecule has 1 N–H and O–H groups in total. The maximum atomic E-state index is 12.9. The van der Waals surface area contributed by atoms with Crippen LogP contribution in [-0.2, 0) is 7.05 Å². The zero-order chi connectivity index (χ0) is 20.5. The smallest absolute Gasteiger partial charge is 0.257 e. The fraction of sp³-hybridized carbons (Fsp3) is 0.0417. The van der Waals surface area contributed by atoms with Crippen LogP contribution < -0.4 is 10.1 Å². The normalized spacial score (nSPS) is 11.0. The van der Waals surface area contributed by atoms with Crippen LogP contribution in [0.5, 0.6) is 11.5 Å². The van der Waals surface area contributed by atoms with Gasteiger partial charge in [-0.25, -0.2) is 0 Å². The highest BCUT2D eigenvalue weighted by atomic mass is 16.5. The molecule has 5 rings (SSSR count). The highest BCUT2D eigenvalue weighted by molar-refractivity contribution is 6.08. The van der Waals surface area contributed by atoms with Gasteiger partial charge in [-0.2, -0.15) is 5.10 Å². The van der Waals surface area contributed by atoms with Gasteiger partial charge in [0.25, 0.3) is 5.91 Å².